The maximum Gasteiger partial charge on any atom is 0.416 e. The minimum Gasteiger partial charge on any atom is -0.320 e. The molecule has 0 saturated carbocycles. The second-order valence-electron chi connectivity index (χ2n) is 4.33. The van der Waals surface area contributed by atoms with Gasteiger partial charge in [0.1, 0.15) is 0 Å². The predicted molar refractivity (Wildman–Crippen MR) is 69.1 cm³/mol. The molecule has 2 aromatic rings. The van der Waals surface area contributed by atoms with Crippen LogP contribution < -0.4 is 5.73 Å². The smallest absolute Gasteiger partial charge is 0.320 e. The Morgan fingerprint density at radius 1 is 1.32 bits per heavy atom. The molecule has 2 nitrogen and oxygen atoms in total. The molecule has 0 aliphatic rings. The zero-order valence-corrected chi connectivity index (χ0v) is 11.3. The van der Waals surface area contributed by atoms with Crippen LogP contribution in [0.1, 0.15) is 32.5 Å². The van der Waals surface area contributed by atoms with E-state index < -0.39 is 17.8 Å². The third-order valence-corrected chi connectivity index (χ3v) is 4.22. The highest BCUT2D eigenvalue weighted by atomic mass is 32.1. The summed E-state index contributed by atoms with van der Waals surface area (Å²) in [6, 6.07) is 1.99. The summed E-state index contributed by atoms with van der Waals surface area (Å²) < 4.78 is 38.8. The monoisotopic (exact) mass is 286 g/mol. The average molecular weight is 286 g/mol. The number of pyridine rings is 1. The van der Waals surface area contributed by atoms with Crippen LogP contribution in [0, 0.1) is 13.8 Å². The van der Waals surface area contributed by atoms with Gasteiger partial charge in [-0.3, -0.25) is 4.98 Å². The van der Waals surface area contributed by atoms with E-state index in [9.17, 15) is 13.2 Å². The quantitative estimate of drug-likeness (QED) is 0.911. The van der Waals surface area contributed by atoms with Crippen molar-refractivity contribution in [3.8, 4) is 0 Å². The molecule has 0 bridgehead atoms. The summed E-state index contributed by atoms with van der Waals surface area (Å²) >= 11 is 1.42. The number of nitrogens with zero attached hydrogens (tertiary/aromatic N) is 1. The second kappa shape index (κ2) is 4.94. The van der Waals surface area contributed by atoms with Crippen molar-refractivity contribution in [1.29, 1.82) is 0 Å². The molecule has 0 spiro atoms. The zero-order valence-electron chi connectivity index (χ0n) is 10.5. The summed E-state index contributed by atoms with van der Waals surface area (Å²) in [7, 11) is 0. The molecule has 0 aliphatic heterocycles. The number of thiophene rings is 1. The van der Waals surface area contributed by atoms with Gasteiger partial charge >= 0.3 is 6.18 Å². The summed E-state index contributed by atoms with van der Waals surface area (Å²) in [6.07, 6.45) is -2.10. The third-order valence-electron chi connectivity index (χ3n) is 2.98. The summed E-state index contributed by atoms with van der Waals surface area (Å²) in [5.41, 5.74) is 6.29. The molecule has 19 heavy (non-hydrogen) atoms. The number of hydrogen-bond acceptors (Lipinski definition) is 3. The molecular weight excluding hydrogens is 273 g/mol. The summed E-state index contributed by atoms with van der Waals surface area (Å²) in [5.74, 6) is 0. The molecule has 1 unspecified atom stereocenters. The summed E-state index contributed by atoms with van der Waals surface area (Å²) in [4.78, 5) is 5.53. The highest BCUT2D eigenvalue weighted by molar-refractivity contribution is 7.12. The Morgan fingerprint density at radius 3 is 2.53 bits per heavy atom. The van der Waals surface area contributed by atoms with E-state index in [1.807, 2.05) is 19.9 Å². The molecule has 2 rings (SSSR count). The second-order valence-corrected chi connectivity index (χ2v) is 5.61. The summed E-state index contributed by atoms with van der Waals surface area (Å²) in [5, 5.41) is 0. The van der Waals surface area contributed by atoms with Crippen LogP contribution in [0.15, 0.2) is 24.5 Å². The molecule has 0 fully saturated rings. The number of halogens is 3. The minimum absolute atomic E-state index is 0.0104. The molecule has 102 valence electrons. The van der Waals surface area contributed by atoms with Gasteiger partial charge in [-0.1, -0.05) is 0 Å². The lowest BCUT2D eigenvalue weighted by molar-refractivity contribution is -0.138. The van der Waals surface area contributed by atoms with E-state index in [2.05, 4.69) is 4.98 Å². The molecule has 2 N–H and O–H groups in total. The molecule has 1 atom stereocenters. The van der Waals surface area contributed by atoms with Crippen molar-refractivity contribution in [3.63, 3.8) is 0 Å². The molecule has 0 aliphatic carbocycles. The first-order chi connectivity index (χ1) is 8.80. The maximum atomic E-state index is 12.9. The highest BCUT2D eigenvalue weighted by Gasteiger charge is 2.35. The van der Waals surface area contributed by atoms with E-state index in [-0.39, 0.29) is 5.56 Å². The van der Waals surface area contributed by atoms with Crippen LogP contribution in [0.5, 0.6) is 0 Å². The first-order valence-electron chi connectivity index (χ1n) is 5.64. The molecule has 6 heteroatoms. The normalized spacial score (nSPS) is 13.6. The first kappa shape index (κ1) is 14.0. The highest BCUT2D eigenvalue weighted by Crippen LogP contribution is 2.37. The van der Waals surface area contributed by atoms with Crippen LogP contribution in [-0.2, 0) is 6.18 Å². The van der Waals surface area contributed by atoms with Crippen molar-refractivity contribution in [2.75, 3.05) is 0 Å². The fourth-order valence-corrected chi connectivity index (χ4v) is 2.88. The number of nitrogens with two attached hydrogens (primary N) is 1. The van der Waals surface area contributed by atoms with E-state index in [4.69, 9.17) is 5.73 Å². The lowest BCUT2D eigenvalue weighted by Crippen LogP contribution is -2.18. The molecule has 0 aromatic carbocycles. The largest absolute Gasteiger partial charge is 0.416 e. The summed E-state index contributed by atoms with van der Waals surface area (Å²) in [6.45, 7) is 3.83. The van der Waals surface area contributed by atoms with Crippen LogP contribution in [0.2, 0.25) is 0 Å². The van der Waals surface area contributed by atoms with Crippen LogP contribution in [0.3, 0.4) is 0 Å². The van der Waals surface area contributed by atoms with E-state index in [0.717, 1.165) is 22.7 Å². The van der Waals surface area contributed by atoms with Crippen LogP contribution in [-0.4, -0.2) is 4.98 Å². The van der Waals surface area contributed by atoms with E-state index >= 15 is 0 Å². The van der Waals surface area contributed by atoms with Crippen LogP contribution in [0.25, 0.3) is 0 Å². The van der Waals surface area contributed by atoms with Crippen molar-refractivity contribution in [2.24, 2.45) is 5.73 Å². The van der Waals surface area contributed by atoms with Gasteiger partial charge in [0.2, 0.25) is 0 Å². The van der Waals surface area contributed by atoms with Crippen molar-refractivity contribution >= 4 is 11.3 Å². The number of alkyl halides is 3. The topological polar surface area (TPSA) is 38.9 Å². The van der Waals surface area contributed by atoms with Gasteiger partial charge < -0.3 is 5.73 Å². The zero-order chi connectivity index (χ0) is 14.2. The van der Waals surface area contributed by atoms with E-state index in [1.54, 1.807) is 0 Å². The van der Waals surface area contributed by atoms with Gasteiger partial charge in [0.15, 0.2) is 0 Å². The Bertz CT molecular complexity index is 570. The molecule has 0 amide bonds. The van der Waals surface area contributed by atoms with Crippen molar-refractivity contribution in [1.82, 2.24) is 4.98 Å². The Labute approximate surface area is 113 Å². The third kappa shape index (κ3) is 2.79. The fraction of sp³-hybridized carbons (Fsp3) is 0.308. The standard InChI is InChI=1S/C13H13F3N2S/c1-7-5-11(19-8(7)2)12(17)9-6-18-4-3-10(9)13(14,15)16/h3-6,12H,17H2,1-2H3. The van der Waals surface area contributed by atoms with Gasteiger partial charge in [-0.2, -0.15) is 13.2 Å². The van der Waals surface area contributed by atoms with Crippen molar-refractivity contribution < 1.29 is 13.2 Å². The van der Waals surface area contributed by atoms with Gasteiger partial charge in [0.05, 0.1) is 11.6 Å². The predicted octanol–water partition coefficient (Wildman–Crippen LogP) is 3.83. The lowest BCUT2D eigenvalue weighted by Gasteiger charge is -2.16. The molecule has 2 aromatic heterocycles. The molecule has 0 radical (unpaired) electrons. The number of aromatic nitrogens is 1. The number of aryl methyl sites for hydroxylation is 2. The lowest BCUT2D eigenvalue weighted by atomic mass is 10.0. The van der Waals surface area contributed by atoms with Crippen molar-refractivity contribution in [2.45, 2.75) is 26.1 Å². The maximum absolute atomic E-state index is 12.9. The molecular formula is C13H13F3N2S. The first-order valence-corrected chi connectivity index (χ1v) is 6.46. The Balaban J connectivity index is 2.47. The van der Waals surface area contributed by atoms with Gasteiger partial charge in [0.25, 0.3) is 0 Å². The number of hydrogen-bond donors (Lipinski definition) is 1. The van der Waals surface area contributed by atoms with Crippen molar-refractivity contribution in [3.05, 3.63) is 51.0 Å². The average Bonchev–Trinajstić information content (AvgIpc) is 2.68. The fourth-order valence-electron chi connectivity index (χ4n) is 1.82. The van der Waals surface area contributed by atoms with Gasteiger partial charge in [-0.15, -0.1) is 11.3 Å². The Hall–Kier alpha value is -1.40. The molecule has 2 heterocycles. The van der Waals surface area contributed by atoms with E-state index in [0.29, 0.717) is 4.88 Å². The number of rotatable bonds is 2. The van der Waals surface area contributed by atoms with E-state index in [1.165, 1.54) is 17.5 Å². The van der Waals surface area contributed by atoms with Gasteiger partial charge in [0, 0.05) is 27.7 Å². The minimum atomic E-state index is -4.42. The van der Waals surface area contributed by atoms with Gasteiger partial charge in [-0.05, 0) is 31.5 Å². The molecule has 0 saturated heterocycles. The Morgan fingerprint density at radius 2 is 2.00 bits per heavy atom. The van der Waals surface area contributed by atoms with Crippen LogP contribution >= 0.6 is 11.3 Å². The van der Waals surface area contributed by atoms with Crippen LogP contribution in [0.4, 0.5) is 13.2 Å². The SMILES string of the molecule is Cc1cc(C(N)c2cnccc2C(F)(F)F)sc1C. The Kier molecular flexibility index (Phi) is 3.64. The van der Waals surface area contributed by atoms with Gasteiger partial charge in [-0.25, -0.2) is 0 Å².